The molecule has 0 radical (unpaired) electrons. The van der Waals surface area contributed by atoms with Gasteiger partial charge < -0.3 is 9.64 Å². The summed E-state index contributed by atoms with van der Waals surface area (Å²) in [6.45, 7) is 15.4. The molecule has 10 nitrogen and oxygen atoms in total. The van der Waals surface area contributed by atoms with Crippen molar-refractivity contribution < 1.29 is 26.3 Å². The fourth-order valence-electron chi connectivity index (χ4n) is 5.71. The van der Waals surface area contributed by atoms with Gasteiger partial charge in [-0.3, -0.25) is 4.72 Å². The highest BCUT2D eigenvalue weighted by Gasteiger charge is 2.46. The van der Waals surface area contributed by atoms with E-state index < -0.39 is 15.5 Å². The van der Waals surface area contributed by atoms with E-state index in [0.29, 0.717) is 52.6 Å². The number of nitriles is 1. The van der Waals surface area contributed by atoms with Crippen LogP contribution in [0.4, 0.5) is 45.9 Å². The first-order valence-corrected chi connectivity index (χ1v) is 20.6. The number of benzene rings is 2. The molecule has 15 heteroatoms. The number of sulfonamides is 1. The molecule has 0 saturated carbocycles. The number of azo groups is 2. The molecule has 0 spiro atoms. The molecule has 2 atom stereocenters. The number of unbranched alkanes of at least 4 members (excludes halogenated alkanes) is 2. The Hall–Kier alpha value is -4.03. The first kappa shape index (κ1) is 43.4. The maximum absolute atomic E-state index is 13.7. The zero-order valence-electron chi connectivity index (χ0n) is 31.7. The number of hydrogen-bond acceptors (Lipinski definition) is 10. The Morgan fingerprint density at radius 2 is 1.53 bits per heavy atom. The van der Waals surface area contributed by atoms with Crippen LogP contribution >= 0.6 is 11.3 Å². The minimum atomic E-state index is -5.79. The van der Waals surface area contributed by atoms with Gasteiger partial charge in [-0.25, -0.2) is 0 Å². The molecule has 0 saturated heterocycles. The molecule has 3 aromatic rings. The Morgan fingerprint density at radius 1 is 0.906 bits per heavy atom. The smallest absolute Gasteiger partial charge is 0.491 e. The zero-order chi connectivity index (χ0) is 39.2. The van der Waals surface area contributed by atoms with Gasteiger partial charge in [-0.1, -0.05) is 83.6 Å². The predicted octanol–water partition coefficient (Wildman–Crippen LogP) is 13.0. The van der Waals surface area contributed by atoms with Crippen LogP contribution in [0, 0.1) is 30.1 Å². The van der Waals surface area contributed by atoms with Crippen molar-refractivity contribution in [1.82, 2.24) is 0 Å². The third-order valence-electron chi connectivity index (χ3n) is 8.85. The lowest BCUT2D eigenvalue weighted by atomic mass is 9.95. The van der Waals surface area contributed by atoms with Crippen LogP contribution in [-0.2, 0) is 10.0 Å². The molecule has 0 aliphatic carbocycles. The minimum absolute atomic E-state index is 0.0276. The molecule has 0 amide bonds. The van der Waals surface area contributed by atoms with Crippen molar-refractivity contribution in [2.24, 2.45) is 32.3 Å². The molecular formula is C38H52F3N7O3S2. The number of nitrogens with zero attached hydrogens (tertiary/aromatic N) is 6. The molecule has 2 aromatic carbocycles. The molecule has 0 fully saturated rings. The van der Waals surface area contributed by atoms with Gasteiger partial charge in [0, 0.05) is 30.4 Å². The van der Waals surface area contributed by atoms with Crippen molar-refractivity contribution in [3.8, 4) is 11.8 Å². The topological polar surface area (TPSA) is 132 Å². The molecule has 290 valence electrons. The normalized spacial score (nSPS) is 13.5. The summed E-state index contributed by atoms with van der Waals surface area (Å²) in [6.07, 6.45) is 8.09. The van der Waals surface area contributed by atoms with Gasteiger partial charge in [0.1, 0.15) is 22.5 Å². The second kappa shape index (κ2) is 20.4. The fraction of sp³-hybridized carbons (Fsp3) is 0.553. The summed E-state index contributed by atoms with van der Waals surface area (Å²) in [7, 11) is -5.79. The van der Waals surface area contributed by atoms with E-state index in [4.69, 9.17) is 4.74 Å². The van der Waals surface area contributed by atoms with Crippen LogP contribution in [0.1, 0.15) is 104 Å². The molecule has 0 aliphatic heterocycles. The number of thiophene rings is 1. The Morgan fingerprint density at radius 3 is 2.08 bits per heavy atom. The third kappa shape index (κ3) is 12.8. The molecule has 0 aliphatic rings. The molecule has 1 aromatic heterocycles. The molecule has 0 bridgehead atoms. The number of alkyl halides is 3. The van der Waals surface area contributed by atoms with Gasteiger partial charge in [-0.05, 0) is 75.8 Å². The number of nitrogens with one attached hydrogen (secondary N) is 1. The third-order valence-corrected chi connectivity index (χ3v) is 11.0. The summed E-state index contributed by atoms with van der Waals surface area (Å²) in [5, 5.41) is 27.5. The van der Waals surface area contributed by atoms with Gasteiger partial charge in [0.15, 0.2) is 5.00 Å². The van der Waals surface area contributed by atoms with Crippen molar-refractivity contribution in [1.29, 1.82) is 5.26 Å². The van der Waals surface area contributed by atoms with E-state index in [9.17, 15) is 26.9 Å². The lowest BCUT2D eigenvalue weighted by Gasteiger charge is -2.33. The van der Waals surface area contributed by atoms with Crippen LogP contribution in [-0.4, -0.2) is 33.1 Å². The first-order valence-electron chi connectivity index (χ1n) is 18.3. The Balaban J connectivity index is 2.07. The number of anilines is 2. The van der Waals surface area contributed by atoms with Crippen LogP contribution in [0.15, 0.2) is 62.9 Å². The van der Waals surface area contributed by atoms with Crippen LogP contribution in [0.5, 0.6) is 5.75 Å². The zero-order valence-corrected chi connectivity index (χ0v) is 33.3. The van der Waals surface area contributed by atoms with Gasteiger partial charge >= 0.3 is 15.5 Å². The van der Waals surface area contributed by atoms with E-state index in [0.717, 1.165) is 62.7 Å². The van der Waals surface area contributed by atoms with E-state index in [2.05, 4.69) is 59.1 Å². The molecule has 3 rings (SSSR count). The highest BCUT2D eigenvalue weighted by Crippen LogP contribution is 2.43. The fourth-order valence-corrected chi connectivity index (χ4v) is 7.18. The van der Waals surface area contributed by atoms with Crippen LogP contribution < -0.4 is 14.4 Å². The molecule has 2 unspecified atom stereocenters. The van der Waals surface area contributed by atoms with Crippen LogP contribution in [0.2, 0.25) is 0 Å². The minimum Gasteiger partial charge on any atom is -0.491 e. The van der Waals surface area contributed by atoms with Gasteiger partial charge in [0.05, 0.1) is 23.0 Å². The average Bonchev–Trinajstić information content (AvgIpc) is 3.42. The van der Waals surface area contributed by atoms with Crippen LogP contribution in [0.25, 0.3) is 0 Å². The lowest BCUT2D eigenvalue weighted by molar-refractivity contribution is -0.0429. The monoisotopic (exact) mass is 775 g/mol. The number of hydrogen-bond donors (Lipinski definition) is 1. The second-order valence-electron chi connectivity index (χ2n) is 13.4. The van der Waals surface area contributed by atoms with Crippen molar-refractivity contribution in [2.45, 2.75) is 111 Å². The summed E-state index contributed by atoms with van der Waals surface area (Å²) in [6, 6.07) is 13.8. The molecular weight excluding hydrogens is 724 g/mol. The number of rotatable bonds is 21. The molecule has 53 heavy (non-hydrogen) atoms. The predicted molar refractivity (Wildman–Crippen MR) is 208 cm³/mol. The highest BCUT2D eigenvalue weighted by molar-refractivity contribution is 7.93. The summed E-state index contributed by atoms with van der Waals surface area (Å²) in [4.78, 5) is 2.16. The summed E-state index contributed by atoms with van der Waals surface area (Å²) >= 11 is 1.03. The number of halogens is 3. The van der Waals surface area contributed by atoms with Gasteiger partial charge in [0.25, 0.3) is 0 Å². The first-order chi connectivity index (χ1) is 25.2. The number of ether oxygens (including phenoxy) is 1. The largest absolute Gasteiger partial charge is 0.516 e. The van der Waals surface area contributed by atoms with Crippen molar-refractivity contribution in [2.75, 3.05) is 22.7 Å². The van der Waals surface area contributed by atoms with Crippen LogP contribution in [0.3, 0.4) is 0 Å². The van der Waals surface area contributed by atoms with Crippen molar-refractivity contribution in [3.05, 3.63) is 53.6 Å². The van der Waals surface area contributed by atoms with Gasteiger partial charge in [-0.15, -0.1) is 20.5 Å². The Kier molecular flexibility index (Phi) is 16.7. The van der Waals surface area contributed by atoms with E-state index in [1.165, 1.54) is 12.1 Å². The molecule has 1 heterocycles. The second-order valence-corrected chi connectivity index (χ2v) is 16.0. The standard InChI is InChI=1S/C38H52F3N7O3S2/c1-8-12-15-28(10-3)24-48(25-29(11-4)16-13-9-2)31-19-20-34(35(22-31)47-53(49,50)38(39,40)41)44-46-37-33(23-42)27(7)36(52-37)45-43-30-17-14-18-32(21-30)51-26(5)6/h14,17-22,26,28-29,47H,8-13,15-16,24-25H2,1-7H3. The van der Waals surface area contributed by atoms with E-state index in [1.54, 1.807) is 42.0 Å². The van der Waals surface area contributed by atoms with Gasteiger partial charge in [-0.2, -0.15) is 26.9 Å². The highest BCUT2D eigenvalue weighted by atomic mass is 32.2. The summed E-state index contributed by atoms with van der Waals surface area (Å²) < 4.78 is 73.3. The van der Waals surface area contributed by atoms with E-state index in [-0.39, 0.29) is 28.0 Å². The maximum Gasteiger partial charge on any atom is 0.516 e. The van der Waals surface area contributed by atoms with E-state index in [1.807, 2.05) is 13.8 Å². The van der Waals surface area contributed by atoms with Crippen molar-refractivity contribution in [3.63, 3.8) is 0 Å². The van der Waals surface area contributed by atoms with Gasteiger partial charge in [0.2, 0.25) is 0 Å². The lowest BCUT2D eigenvalue weighted by Crippen LogP contribution is -2.34. The summed E-state index contributed by atoms with van der Waals surface area (Å²) in [5.41, 5.74) is -4.29. The average molecular weight is 776 g/mol. The quantitative estimate of drug-likeness (QED) is 0.108. The Bertz CT molecular complexity index is 1820. The maximum atomic E-state index is 13.7. The summed E-state index contributed by atoms with van der Waals surface area (Å²) in [5.74, 6) is 1.33. The molecule has 1 N–H and O–H groups in total. The Labute approximate surface area is 316 Å². The van der Waals surface area contributed by atoms with Crippen molar-refractivity contribution >= 4 is 54.1 Å². The SMILES string of the molecule is CCCCC(CC)CN(CC(CC)CCCC)c1ccc(N=Nc2sc(N=Nc3cccc(OC(C)C)c3)c(C)c2C#N)c(NS(=O)(=O)C(F)(F)F)c1. The van der Waals surface area contributed by atoms with E-state index >= 15 is 0 Å².